The Morgan fingerprint density at radius 3 is 2.50 bits per heavy atom. The van der Waals surface area contributed by atoms with Gasteiger partial charge in [-0.1, -0.05) is 40.0 Å². The van der Waals surface area contributed by atoms with Gasteiger partial charge in [0.25, 0.3) is 5.91 Å². The molecule has 0 spiro atoms. The Labute approximate surface area is 147 Å². The number of hydrogen-bond acceptors (Lipinski definition) is 4. The molecular formula is C18H26N2O3S. The summed E-state index contributed by atoms with van der Waals surface area (Å²) in [4.78, 5) is 28.5. The van der Waals surface area contributed by atoms with Crippen LogP contribution in [0, 0.1) is 5.41 Å². The maximum Gasteiger partial charge on any atom is 0.284 e. The van der Waals surface area contributed by atoms with Crippen molar-refractivity contribution in [1.82, 2.24) is 10.4 Å². The molecule has 2 aliphatic rings. The van der Waals surface area contributed by atoms with Gasteiger partial charge in [0.15, 0.2) is 0 Å². The van der Waals surface area contributed by atoms with E-state index in [1.165, 1.54) is 17.8 Å². The Bertz CT molecular complexity index is 659. The van der Waals surface area contributed by atoms with Crippen LogP contribution in [0.1, 0.15) is 73.0 Å². The molecule has 5 nitrogen and oxygen atoms in total. The number of hydrogen-bond donors (Lipinski definition) is 2. The van der Waals surface area contributed by atoms with Crippen LogP contribution >= 0.6 is 11.3 Å². The number of carbonyl (C=O) groups is 2. The molecule has 1 aliphatic heterocycles. The van der Waals surface area contributed by atoms with Crippen molar-refractivity contribution in [2.24, 2.45) is 5.41 Å². The molecule has 0 atom stereocenters. The predicted molar refractivity (Wildman–Crippen MR) is 93.2 cm³/mol. The monoisotopic (exact) mass is 350 g/mol. The van der Waals surface area contributed by atoms with Gasteiger partial charge in [-0.3, -0.25) is 14.8 Å². The van der Waals surface area contributed by atoms with Crippen molar-refractivity contribution in [1.29, 1.82) is 0 Å². The number of nitrogens with zero attached hydrogens (tertiary/aromatic N) is 1. The molecule has 2 amide bonds. The van der Waals surface area contributed by atoms with Crippen molar-refractivity contribution < 1.29 is 14.8 Å². The first-order valence-corrected chi connectivity index (χ1v) is 9.45. The van der Waals surface area contributed by atoms with Crippen molar-refractivity contribution in [2.45, 2.75) is 64.8 Å². The summed E-state index contributed by atoms with van der Waals surface area (Å²) in [5, 5.41) is 8.87. The first kappa shape index (κ1) is 17.4. The average molecular weight is 350 g/mol. The molecule has 0 saturated heterocycles. The van der Waals surface area contributed by atoms with E-state index in [-0.39, 0.29) is 16.7 Å². The molecule has 1 saturated carbocycles. The van der Waals surface area contributed by atoms with Crippen molar-refractivity contribution >= 4 is 23.2 Å². The van der Waals surface area contributed by atoms with Gasteiger partial charge in [-0.15, -0.1) is 11.3 Å². The molecule has 2 N–H and O–H groups in total. The molecule has 3 rings (SSSR count). The Morgan fingerprint density at radius 2 is 1.88 bits per heavy atom. The van der Waals surface area contributed by atoms with Gasteiger partial charge in [-0.25, -0.2) is 5.48 Å². The van der Waals surface area contributed by atoms with Crippen LogP contribution in [0.5, 0.6) is 0 Å². The number of carbonyl (C=O) groups excluding carboxylic acids is 2. The lowest BCUT2D eigenvalue weighted by Gasteiger charge is -2.43. The fourth-order valence-corrected chi connectivity index (χ4v) is 5.32. The van der Waals surface area contributed by atoms with Crippen LogP contribution in [0.3, 0.4) is 0 Å². The molecule has 1 aromatic heterocycles. The van der Waals surface area contributed by atoms with E-state index in [4.69, 9.17) is 5.21 Å². The maximum atomic E-state index is 13.2. The number of fused-ring (bicyclic) bond motifs is 1. The molecule has 0 aromatic carbocycles. The van der Waals surface area contributed by atoms with Crippen molar-refractivity contribution in [3.63, 3.8) is 0 Å². The van der Waals surface area contributed by atoms with Crippen LogP contribution in [0.25, 0.3) is 0 Å². The largest absolute Gasteiger partial charge is 0.337 e. The molecule has 0 bridgehead atoms. The van der Waals surface area contributed by atoms with E-state index < -0.39 is 5.91 Å². The van der Waals surface area contributed by atoms with Crippen LogP contribution in [0.2, 0.25) is 0 Å². The quantitative estimate of drug-likeness (QED) is 0.634. The molecule has 1 fully saturated rings. The Morgan fingerprint density at radius 1 is 1.21 bits per heavy atom. The van der Waals surface area contributed by atoms with E-state index in [0.29, 0.717) is 18.0 Å². The van der Waals surface area contributed by atoms with Gasteiger partial charge in [0, 0.05) is 28.8 Å². The zero-order valence-corrected chi connectivity index (χ0v) is 15.5. The minimum atomic E-state index is -0.484. The summed E-state index contributed by atoms with van der Waals surface area (Å²) >= 11 is 1.41. The van der Waals surface area contributed by atoms with Gasteiger partial charge in [0.1, 0.15) is 0 Å². The van der Waals surface area contributed by atoms with Crippen LogP contribution < -0.4 is 5.48 Å². The molecule has 24 heavy (non-hydrogen) atoms. The van der Waals surface area contributed by atoms with E-state index in [9.17, 15) is 9.59 Å². The SMILES string of the molecule is CC1(C(=O)N2Cc3cc(C(=O)NO)sc3C(C)(C)C2)CCCCC1. The minimum Gasteiger partial charge on any atom is -0.337 e. The lowest BCUT2D eigenvalue weighted by molar-refractivity contribution is -0.145. The zero-order valence-electron chi connectivity index (χ0n) is 14.6. The van der Waals surface area contributed by atoms with Gasteiger partial charge in [-0.2, -0.15) is 0 Å². The maximum absolute atomic E-state index is 13.2. The summed E-state index contributed by atoms with van der Waals surface area (Å²) in [6.07, 6.45) is 5.42. The van der Waals surface area contributed by atoms with E-state index >= 15 is 0 Å². The zero-order chi connectivity index (χ0) is 17.5. The van der Waals surface area contributed by atoms with E-state index in [1.54, 1.807) is 5.48 Å². The number of amides is 2. The van der Waals surface area contributed by atoms with Gasteiger partial charge in [0.05, 0.1) is 4.88 Å². The molecule has 0 unspecified atom stereocenters. The normalized spacial score (nSPS) is 21.9. The third-order valence-electron chi connectivity index (χ3n) is 5.46. The van der Waals surface area contributed by atoms with Crippen LogP contribution in [0.4, 0.5) is 0 Å². The van der Waals surface area contributed by atoms with Crippen LogP contribution in [0.15, 0.2) is 6.07 Å². The Balaban J connectivity index is 1.88. The highest BCUT2D eigenvalue weighted by Gasteiger charge is 2.42. The van der Waals surface area contributed by atoms with Gasteiger partial charge >= 0.3 is 0 Å². The molecule has 1 aromatic rings. The van der Waals surface area contributed by atoms with Crippen molar-refractivity contribution in [3.05, 3.63) is 21.4 Å². The van der Waals surface area contributed by atoms with E-state index in [0.717, 1.165) is 36.1 Å². The summed E-state index contributed by atoms with van der Waals surface area (Å²) < 4.78 is 0. The van der Waals surface area contributed by atoms with Crippen molar-refractivity contribution in [3.8, 4) is 0 Å². The smallest absolute Gasteiger partial charge is 0.284 e. The summed E-state index contributed by atoms with van der Waals surface area (Å²) in [5.74, 6) is -0.234. The molecule has 6 heteroatoms. The molecule has 0 radical (unpaired) electrons. The summed E-state index contributed by atoms with van der Waals surface area (Å²) in [7, 11) is 0. The second-order valence-corrected chi connectivity index (χ2v) is 9.12. The number of rotatable bonds is 2. The first-order chi connectivity index (χ1) is 11.3. The highest BCUT2D eigenvalue weighted by atomic mass is 32.1. The molecule has 2 heterocycles. The van der Waals surface area contributed by atoms with Crippen LogP contribution in [-0.2, 0) is 16.8 Å². The lowest BCUT2D eigenvalue weighted by atomic mass is 9.73. The number of thiophene rings is 1. The minimum absolute atomic E-state index is 0.188. The Kier molecular flexibility index (Phi) is 4.47. The van der Waals surface area contributed by atoms with Gasteiger partial charge < -0.3 is 4.90 Å². The average Bonchev–Trinajstić information content (AvgIpc) is 2.99. The third-order valence-corrected chi connectivity index (χ3v) is 7.00. The molecule has 132 valence electrons. The van der Waals surface area contributed by atoms with E-state index in [1.807, 2.05) is 11.0 Å². The standard InChI is InChI=1S/C18H26N2O3S/c1-17(2)11-20(16(22)18(3)7-5-4-6-8-18)10-12-9-13(15(21)19-23)24-14(12)17/h9,23H,4-8,10-11H2,1-3H3,(H,19,21). The molecule has 1 aliphatic carbocycles. The Hall–Kier alpha value is -1.40. The molecular weight excluding hydrogens is 324 g/mol. The summed E-state index contributed by atoms with van der Waals surface area (Å²) in [5.41, 5.74) is 2.30. The summed E-state index contributed by atoms with van der Waals surface area (Å²) in [6.45, 7) is 7.57. The van der Waals surface area contributed by atoms with Gasteiger partial charge in [0.2, 0.25) is 5.91 Å². The summed E-state index contributed by atoms with van der Waals surface area (Å²) in [6, 6.07) is 1.82. The third kappa shape index (κ3) is 2.97. The fourth-order valence-electron chi connectivity index (χ4n) is 4.17. The second-order valence-electron chi connectivity index (χ2n) is 8.07. The first-order valence-electron chi connectivity index (χ1n) is 8.64. The van der Waals surface area contributed by atoms with Crippen LogP contribution in [-0.4, -0.2) is 28.5 Å². The number of nitrogens with one attached hydrogen (secondary N) is 1. The van der Waals surface area contributed by atoms with E-state index in [2.05, 4.69) is 20.8 Å². The number of hydroxylamine groups is 1. The highest BCUT2D eigenvalue weighted by molar-refractivity contribution is 7.14. The van der Waals surface area contributed by atoms with Gasteiger partial charge in [-0.05, 0) is 24.5 Å². The highest BCUT2D eigenvalue weighted by Crippen LogP contribution is 2.43. The second kappa shape index (κ2) is 6.15. The lowest BCUT2D eigenvalue weighted by Crippen LogP contribution is -2.50. The predicted octanol–water partition coefficient (Wildman–Crippen LogP) is 3.46. The van der Waals surface area contributed by atoms with Crippen molar-refractivity contribution in [2.75, 3.05) is 6.54 Å². The topological polar surface area (TPSA) is 69.6 Å². The fraction of sp³-hybridized carbons (Fsp3) is 0.667.